The Morgan fingerprint density at radius 3 is 2.37 bits per heavy atom. The fourth-order valence-corrected chi connectivity index (χ4v) is 5.91. The van der Waals surface area contributed by atoms with E-state index in [0.29, 0.717) is 12.8 Å². The van der Waals surface area contributed by atoms with Crippen molar-refractivity contribution in [2.24, 2.45) is 5.92 Å². The van der Waals surface area contributed by atoms with Gasteiger partial charge in [0.05, 0.1) is 10.0 Å². The quantitative estimate of drug-likeness (QED) is 0.613. The molecular formula is C19H28Cl2N2O3S. The van der Waals surface area contributed by atoms with Crippen LogP contribution in [-0.4, -0.2) is 37.8 Å². The van der Waals surface area contributed by atoms with Gasteiger partial charge in [-0.2, -0.15) is 4.31 Å². The number of piperidine rings is 1. The van der Waals surface area contributed by atoms with E-state index in [1.807, 2.05) is 6.92 Å². The van der Waals surface area contributed by atoms with Crippen molar-refractivity contribution in [1.82, 2.24) is 9.62 Å². The molecule has 152 valence electrons. The van der Waals surface area contributed by atoms with Crippen molar-refractivity contribution >= 4 is 39.1 Å². The van der Waals surface area contributed by atoms with Crippen LogP contribution in [0.4, 0.5) is 0 Å². The molecule has 1 heterocycles. The summed E-state index contributed by atoms with van der Waals surface area (Å²) in [7, 11) is -3.77. The van der Waals surface area contributed by atoms with Crippen molar-refractivity contribution < 1.29 is 13.2 Å². The standard InChI is InChI=1S/C19H28Cl2N2O3S/c1-3-4-5-7-14(2)22-19(24)15-10-12-23(13-11-15)27(25,26)18-16(20)8-6-9-17(18)21/h6,8-9,14-15H,3-5,7,10-13H2,1-2H3,(H,22,24). The number of amides is 1. The number of rotatable bonds is 8. The number of carbonyl (C=O) groups is 1. The van der Waals surface area contributed by atoms with Gasteiger partial charge in [-0.25, -0.2) is 8.42 Å². The summed E-state index contributed by atoms with van der Waals surface area (Å²) in [6, 6.07) is 4.79. The molecule has 27 heavy (non-hydrogen) atoms. The molecule has 0 saturated carbocycles. The van der Waals surface area contributed by atoms with Crippen LogP contribution in [0.3, 0.4) is 0 Å². The normalized spacial score (nSPS) is 17.6. The molecule has 1 N–H and O–H groups in total. The highest BCUT2D eigenvalue weighted by molar-refractivity contribution is 7.89. The van der Waals surface area contributed by atoms with Crippen molar-refractivity contribution in [2.75, 3.05) is 13.1 Å². The minimum absolute atomic E-state index is 0.0202. The van der Waals surface area contributed by atoms with Crippen molar-refractivity contribution in [3.8, 4) is 0 Å². The number of hydrogen-bond donors (Lipinski definition) is 1. The van der Waals surface area contributed by atoms with Gasteiger partial charge in [-0.3, -0.25) is 4.79 Å². The van der Waals surface area contributed by atoms with Gasteiger partial charge in [-0.05, 0) is 38.3 Å². The Hall–Kier alpha value is -0.820. The van der Waals surface area contributed by atoms with E-state index in [4.69, 9.17) is 23.2 Å². The summed E-state index contributed by atoms with van der Waals surface area (Å²) in [5, 5.41) is 3.29. The third-order valence-electron chi connectivity index (χ3n) is 4.97. The van der Waals surface area contributed by atoms with Gasteiger partial charge in [0.2, 0.25) is 15.9 Å². The topological polar surface area (TPSA) is 66.5 Å². The Bertz CT molecular complexity index is 727. The third kappa shape index (κ3) is 5.83. The van der Waals surface area contributed by atoms with Gasteiger partial charge in [0.15, 0.2) is 0 Å². The first-order valence-electron chi connectivity index (χ1n) is 9.52. The van der Waals surface area contributed by atoms with Gasteiger partial charge < -0.3 is 5.32 Å². The third-order valence-corrected chi connectivity index (χ3v) is 7.83. The molecule has 1 aromatic rings. The van der Waals surface area contributed by atoms with Gasteiger partial charge in [0.1, 0.15) is 4.90 Å². The van der Waals surface area contributed by atoms with E-state index < -0.39 is 10.0 Å². The second-order valence-electron chi connectivity index (χ2n) is 7.13. The van der Waals surface area contributed by atoms with Gasteiger partial charge in [0, 0.05) is 25.0 Å². The first-order chi connectivity index (χ1) is 12.8. The van der Waals surface area contributed by atoms with Crippen LogP contribution in [0.2, 0.25) is 10.0 Å². The number of nitrogens with one attached hydrogen (secondary N) is 1. The van der Waals surface area contributed by atoms with Gasteiger partial charge >= 0.3 is 0 Å². The first kappa shape index (κ1) is 22.5. The van der Waals surface area contributed by atoms with Crippen molar-refractivity contribution in [3.63, 3.8) is 0 Å². The van der Waals surface area contributed by atoms with E-state index >= 15 is 0 Å². The van der Waals surface area contributed by atoms with Crippen molar-refractivity contribution in [2.45, 2.75) is 63.3 Å². The maximum Gasteiger partial charge on any atom is 0.246 e. The molecule has 0 spiro atoms. The first-order valence-corrected chi connectivity index (χ1v) is 11.7. The molecule has 1 aromatic carbocycles. The molecular weight excluding hydrogens is 407 g/mol. The summed E-state index contributed by atoms with van der Waals surface area (Å²) in [5.41, 5.74) is 0. The van der Waals surface area contributed by atoms with E-state index in [1.54, 1.807) is 6.07 Å². The maximum atomic E-state index is 12.9. The second kappa shape index (κ2) is 10.1. The Kier molecular flexibility index (Phi) is 8.40. The Labute approximate surface area is 172 Å². The van der Waals surface area contributed by atoms with Crippen molar-refractivity contribution in [3.05, 3.63) is 28.2 Å². The Morgan fingerprint density at radius 2 is 1.81 bits per heavy atom. The van der Waals surface area contributed by atoms with Crippen LogP contribution >= 0.6 is 23.2 Å². The molecule has 0 bridgehead atoms. The number of unbranched alkanes of at least 4 members (excludes halogenated alkanes) is 2. The van der Waals surface area contributed by atoms with Crippen molar-refractivity contribution in [1.29, 1.82) is 0 Å². The minimum atomic E-state index is -3.77. The van der Waals surface area contributed by atoms with Crippen LogP contribution in [0.15, 0.2) is 23.1 Å². The number of nitrogens with zero attached hydrogens (tertiary/aromatic N) is 1. The lowest BCUT2D eigenvalue weighted by atomic mass is 9.96. The highest BCUT2D eigenvalue weighted by Gasteiger charge is 2.34. The van der Waals surface area contributed by atoms with Crippen LogP contribution in [0.25, 0.3) is 0 Å². The monoisotopic (exact) mass is 434 g/mol. The molecule has 1 amide bonds. The molecule has 0 radical (unpaired) electrons. The average Bonchev–Trinajstić information content (AvgIpc) is 2.61. The van der Waals surface area contributed by atoms with Crippen LogP contribution in [0.5, 0.6) is 0 Å². The lowest BCUT2D eigenvalue weighted by molar-refractivity contribution is -0.126. The van der Waals surface area contributed by atoms with Crippen LogP contribution in [0.1, 0.15) is 52.4 Å². The number of halogens is 2. The molecule has 1 saturated heterocycles. The molecule has 8 heteroatoms. The summed E-state index contributed by atoms with van der Waals surface area (Å²) < 4.78 is 27.1. The minimum Gasteiger partial charge on any atom is -0.353 e. The smallest absolute Gasteiger partial charge is 0.246 e. The number of benzene rings is 1. The predicted octanol–water partition coefficient (Wildman–Crippen LogP) is 4.48. The molecule has 1 atom stereocenters. The molecule has 1 aliphatic rings. The number of hydrogen-bond acceptors (Lipinski definition) is 3. The molecule has 1 aliphatic heterocycles. The molecule has 1 unspecified atom stereocenters. The SMILES string of the molecule is CCCCCC(C)NC(=O)C1CCN(S(=O)(=O)c2c(Cl)cccc2Cl)CC1. The van der Waals surface area contributed by atoms with E-state index in [1.165, 1.54) is 22.9 Å². The summed E-state index contributed by atoms with van der Waals surface area (Å²) in [6.45, 7) is 4.74. The zero-order valence-electron chi connectivity index (χ0n) is 15.9. The highest BCUT2D eigenvalue weighted by Crippen LogP contribution is 2.33. The maximum absolute atomic E-state index is 12.9. The zero-order chi connectivity index (χ0) is 20.0. The van der Waals surface area contributed by atoms with Crippen LogP contribution < -0.4 is 5.32 Å². The Balaban J connectivity index is 1.94. The van der Waals surface area contributed by atoms with Crippen LogP contribution in [-0.2, 0) is 14.8 Å². The average molecular weight is 435 g/mol. The number of carbonyl (C=O) groups excluding carboxylic acids is 1. The van der Waals surface area contributed by atoms with Crippen LogP contribution in [0, 0.1) is 5.92 Å². The fraction of sp³-hybridized carbons (Fsp3) is 0.632. The molecule has 0 aliphatic carbocycles. The lowest BCUT2D eigenvalue weighted by Crippen LogP contribution is -2.44. The summed E-state index contributed by atoms with van der Waals surface area (Å²) >= 11 is 12.1. The Morgan fingerprint density at radius 1 is 1.22 bits per heavy atom. The van der Waals surface area contributed by atoms with E-state index in [0.717, 1.165) is 19.3 Å². The van der Waals surface area contributed by atoms with E-state index in [2.05, 4.69) is 12.2 Å². The summed E-state index contributed by atoms with van der Waals surface area (Å²) in [4.78, 5) is 12.4. The lowest BCUT2D eigenvalue weighted by Gasteiger charge is -2.31. The largest absolute Gasteiger partial charge is 0.353 e. The summed E-state index contributed by atoms with van der Waals surface area (Å²) in [5.74, 6) is -0.140. The molecule has 5 nitrogen and oxygen atoms in total. The predicted molar refractivity (Wildman–Crippen MR) is 110 cm³/mol. The second-order valence-corrected chi connectivity index (χ2v) is 9.82. The number of sulfonamides is 1. The summed E-state index contributed by atoms with van der Waals surface area (Å²) in [6.07, 6.45) is 5.39. The molecule has 2 rings (SSSR count). The molecule has 0 aromatic heterocycles. The fourth-order valence-electron chi connectivity index (χ4n) is 3.35. The van der Waals surface area contributed by atoms with Gasteiger partial charge in [-0.15, -0.1) is 0 Å². The van der Waals surface area contributed by atoms with E-state index in [9.17, 15) is 13.2 Å². The zero-order valence-corrected chi connectivity index (χ0v) is 18.2. The van der Waals surface area contributed by atoms with Gasteiger partial charge in [0.25, 0.3) is 0 Å². The van der Waals surface area contributed by atoms with E-state index in [-0.39, 0.29) is 45.9 Å². The van der Waals surface area contributed by atoms with Gasteiger partial charge in [-0.1, -0.05) is 55.5 Å². The molecule has 1 fully saturated rings. The highest BCUT2D eigenvalue weighted by atomic mass is 35.5.